The maximum absolute atomic E-state index is 6.00. The number of imidazole rings is 1. The normalized spacial score (nSPS) is 13.9. The van der Waals surface area contributed by atoms with E-state index < -0.39 is 0 Å². The third-order valence-corrected chi connectivity index (χ3v) is 4.03. The minimum atomic E-state index is 0.727. The Morgan fingerprint density at radius 1 is 1.00 bits per heavy atom. The second-order valence-corrected chi connectivity index (χ2v) is 5.51. The largest absolute Gasteiger partial charge is 0.305 e. The highest BCUT2D eigenvalue weighted by Gasteiger charge is 2.12. The summed E-state index contributed by atoms with van der Waals surface area (Å²) >= 11 is 6.00. The molecule has 0 amide bonds. The Labute approximate surface area is 116 Å². The smallest absolute Gasteiger partial charge is 0.137 e. The predicted octanol–water partition coefficient (Wildman–Crippen LogP) is 4.14. The minimum Gasteiger partial charge on any atom is -0.305 e. The molecule has 0 radical (unpaired) electrons. The second kappa shape index (κ2) is 4.10. The van der Waals surface area contributed by atoms with Gasteiger partial charge in [-0.05, 0) is 48.6 Å². The Morgan fingerprint density at radius 3 is 2.84 bits per heavy atom. The van der Waals surface area contributed by atoms with E-state index in [2.05, 4.69) is 23.2 Å². The molecule has 0 fully saturated rings. The van der Waals surface area contributed by atoms with Crippen LogP contribution in [0.4, 0.5) is 0 Å². The van der Waals surface area contributed by atoms with Gasteiger partial charge in [-0.25, -0.2) is 4.98 Å². The van der Waals surface area contributed by atoms with Crippen molar-refractivity contribution in [2.24, 2.45) is 0 Å². The summed E-state index contributed by atoms with van der Waals surface area (Å²) in [7, 11) is 0. The first-order valence-corrected chi connectivity index (χ1v) is 6.94. The first-order valence-electron chi connectivity index (χ1n) is 6.56. The Balaban J connectivity index is 1.85. The molecule has 0 aliphatic heterocycles. The van der Waals surface area contributed by atoms with Crippen molar-refractivity contribution < 1.29 is 0 Å². The average Bonchev–Trinajstić information content (AvgIpc) is 3.02. The predicted molar refractivity (Wildman–Crippen MR) is 77.7 cm³/mol. The average molecular weight is 269 g/mol. The van der Waals surface area contributed by atoms with E-state index in [4.69, 9.17) is 11.6 Å². The number of pyridine rings is 1. The van der Waals surface area contributed by atoms with Crippen LogP contribution < -0.4 is 0 Å². The summed E-state index contributed by atoms with van der Waals surface area (Å²) in [5, 5.41) is 0.727. The lowest BCUT2D eigenvalue weighted by Crippen LogP contribution is -1.84. The fourth-order valence-electron chi connectivity index (χ4n) is 2.83. The number of hydrogen-bond acceptors (Lipinski definition) is 1. The van der Waals surface area contributed by atoms with E-state index in [0.717, 1.165) is 16.4 Å². The molecule has 0 saturated heterocycles. The van der Waals surface area contributed by atoms with Crippen molar-refractivity contribution in [1.29, 1.82) is 0 Å². The summed E-state index contributed by atoms with van der Waals surface area (Å²) < 4.78 is 1.98. The van der Waals surface area contributed by atoms with Crippen molar-refractivity contribution in [3.8, 4) is 11.3 Å². The summed E-state index contributed by atoms with van der Waals surface area (Å²) in [4.78, 5) is 4.65. The zero-order chi connectivity index (χ0) is 12.8. The van der Waals surface area contributed by atoms with Crippen LogP contribution in [-0.4, -0.2) is 9.38 Å². The molecule has 2 heterocycles. The maximum Gasteiger partial charge on any atom is 0.137 e. The monoisotopic (exact) mass is 268 g/mol. The van der Waals surface area contributed by atoms with E-state index in [1.165, 1.54) is 36.0 Å². The van der Waals surface area contributed by atoms with Crippen LogP contribution in [0, 0.1) is 0 Å². The van der Waals surface area contributed by atoms with Gasteiger partial charge < -0.3 is 4.40 Å². The lowest BCUT2D eigenvalue weighted by atomic mass is 10.1. The van der Waals surface area contributed by atoms with Crippen LogP contribution in [0.25, 0.3) is 16.9 Å². The van der Waals surface area contributed by atoms with E-state index in [1.54, 1.807) is 0 Å². The van der Waals surface area contributed by atoms with Gasteiger partial charge >= 0.3 is 0 Å². The molecular formula is C16H13ClN2. The quantitative estimate of drug-likeness (QED) is 0.648. The van der Waals surface area contributed by atoms with Crippen molar-refractivity contribution >= 4 is 17.2 Å². The first kappa shape index (κ1) is 11.1. The van der Waals surface area contributed by atoms with E-state index >= 15 is 0 Å². The number of fused-ring (bicyclic) bond motifs is 2. The fraction of sp³-hybridized carbons (Fsp3) is 0.188. The van der Waals surface area contributed by atoms with Crippen LogP contribution in [-0.2, 0) is 12.8 Å². The summed E-state index contributed by atoms with van der Waals surface area (Å²) in [5.41, 5.74) is 6.11. The number of aryl methyl sites for hydroxylation is 2. The van der Waals surface area contributed by atoms with Crippen molar-refractivity contribution in [1.82, 2.24) is 9.38 Å². The van der Waals surface area contributed by atoms with Gasteiger partial charge in [-0.1, -0.05) is 23.7 Å². The van der Waals surface area contributed by atoms with Gasteiger partial charge in [0.25, 0.3) is 0 Å². The SMILES string of the molecule is Clc1ccc2nc(-c3ccc4c(c3)CCC4)cn2c1. The standard InChI is InChI=1S/C16H13ClN2/c17-14-6-7-16-18-15(10-19(16)9-14)13-5-4-11-2-1-3-12(11)8-13/h4-10H,1-3H2. The van der Waals surface area contributed by atoms with E-state index in [9.17, 15) is 0 Å². The van der Waals surface area contributed by atoms with Crippen molar-refractivity contribution in [2.45, 2.75) is 19.3 Å². The molecule has 0 spiro atoms. The number of rotatable bonds is 1. The third-order valence-electron chi connectivity index (χ3n) is 3.81. The number of halogens is 1. The van der Waals surface area contributed by atoms with Crippen LogP contribution in [0.15, 0.2) is 42.7 Å². The molecule has 0 saturated carbocycles. The summed E-state index contributed by atoms with van der Waals surface area (Å²) in [6.07, 6.45) is 7.62. The number of benzene rings is 1. The van der Waals surface area contributed by atoms with Crippen LogP contribution in [0.3, 0.4) is 0 Å². The van der Waals surface area contributed by atoms with Crippen LogP contribution in [0.1, 0.15) is 17.5 Å². The van der Waals surface area contributed by atoms with E-state index in [-0.39, 0.29) is 0 Å². The molecule has 4 rings (SSSR count). The summed E-state index contributed by atoms with van der Waals surface area (Å²) in [6.45, 7) is 0. The lowest BCUT2D eigenvalue weighted by molar-refractivity contribution is 0.912. The van der Waals surface area contributed by atoms with Gasteiger partial charge in [-0.2, -0.15) is 0 Å². The molecule has 3 aromatic rings. The van der Waals surface area contributed by atoms with Gasteiger partial charge in [0.05, 0.1) is 10.7 Å². The second-order valence-electron chi connectivity index (χ2n) is 5.08. The zero-order valence-electron chi connectivity index (χ0n) is 10.4. The van der Waals surface area contributed by atoms with Gasteiger partial charge in [-0.15, -0.1) is 0 Å². The van der Waals surface area contributed by atoms with Crippen LogP contribution >= 0.6 is 11.6 Å². The van der Waals surface area contributed by atoms with Gasteiger partial charge in [-0.3, -0.25) is 0 Å². The molecule has 3 heteroatoms. The highest BCUT2D eigenvalue weighted by Crippen LogP contribution is 2.28. The highest BCUT2D eigenvalue weighted by atomic mass is 35.5. The van der Waals surface area contributed by atoms with E-state index in [1.807, 2.05) is 28.9 Å². The first-order chi connectivity index (χ1) is 9.29. The molecule has 0 N–H and O–H groups in total. The summed E-state index contributed by atoms with van der Waals surface area (Å²) in [5.74, 6) is 0. The Morgan fingerprint density at radius 2 is 1.89 bits per heavy atom. The summed E-state index contributed by atoms with van der Waals surface area (Å²) in [6, 6.07) is 10.5. The number of nitrogens with zero attached hydrogens (tertiary/aromatic N) is 2. The molecular weight excluding hydrogens is 256 g/mol. The Hall–Kier alpha value is -1.80. The fourth-order valence-corrected chi connectivity index (χ4v) is 3.00. The molecule has 1 aromatic carbocycles. The van der Waals surface area contributed by atoms with Crippen LogP contribution in [0.5, 0.6) is 0 Å². The zero-order valence-corrected chi connectivity index (χ0v) is 11.2. The highest BCUT2D eigenvalue weighted by molar-refractivity contribution is 6.30. The van der Waals surface area contributed by atoms with E-state index in [0.29, 0.717) is 0 Å². The molecule has 1 aliphatic carbocycles. The Kier molecular flexibility index (Phi) is 2.39. The molecule has 0 bridgehead atoms. The molecule has 2 aromatic heterocycles. The molecule has 94 valence electrons. The minimum absolute atomic E-state index is 0.727. The topological polar surface area (TPSA) is 17.3 Å². The van der Waals surface area contributed by atoms with Gasteiger partial charge in [0.2, 0.25) is 0 Å². The maximum atomic E-state index is 6.00. The van der Waals surface area contributed by atoms with Gasteiger partial charge in [0.15, 0.2) is 0 Å². The van der Waals surface area contributed by atoms with Crippen molar-refractivity contribution in [3.05, 3.63) is 58.9 Å². The van der Waals surface area contributed by atoms with Gasteiger partial charge in [0.1, 0.15) is 5.65 Å². The number of aromatic nitrogens is 2. The Bertz CT molecular complexity index is 774. The molecule has 2 nitrogen and oxygen atoms in total. The van der Waals surface area contributed by atoms with Crippen molar-refractivity contribution in [3.63, 3.8) is 0 Å². The molecule has 19 heavy (non-hydrogen) atoms. The molecule has 0 unspecified atom stereocenters. The van der Waals surface area contributed by atoms with Crippen LogP contribution in [0.2, 0.25) is 5.02 Å². The lowest BCUT2D eigenvalue weighted by Gasteiger charge is -2.01. The third kappa shape index (κ3) is 1.83. The molecule has 0 atom stereocenters. The number of hydrogen-bond donors (Lipinski definition) is 0. The van der Waals surface area contributed by atoms with Crippen molar-refractivity contribution in [2.75, 3.05) is 0 Å². The molecule has 1 aliphatic rings. The van der Waals surface area contributed by atoms with Gasteiger partial charge in [0, 0.05) is 18.0 Å².